The predicted molar refractivity (Wildman–Crippen MR) is 89.7 cm³/mol. The van der Waals surface area contributed by atoms with Crippen molar-refractivity contribution >= 4 is 22.9 Å². The molecular weight excluding hydrogens is 308 g/mol. The molecule has 6 heteroatoms. The molecule has 5 nitrogen and oxygen atoms in total. The molecule has 0 aromatic carbocycles. The zero-order valence-corrected chi connectivity index (χ0v) is 13.8. The molecule has 0 spiro atoms. The maximum absolute atomic E-state index is 12.4. The third-order valence-corrected chi connectivity index (χ3v) is 5.28. The van der Waals surface area contributed by atoms with E-state index in [0.29, 0.717) is 23.7 Å². The van der Waals surface area contributed by atoms with E-state index in [0.717, 1.165) is 24.1 Å². The molecule has 1 aliphatic carbocycles. The van der Waals surface area contributed by atoms with Gasteiger partial charge in [-0.05, 0) is 42.2 Å². The molecule has 0 radical (unpaired) electrons. The third-order valence-electron chi connectivity index (χ3n) is 4.40. The van der Waals surface area contributed by atoms with Crippen molar-refractivity contribution < 1.29 is 4.79 Å². The summed E-state index contributed by atoms with van der Waals surface area (Å²) in [5.41, 5.74) is 3.65. The lowest BCUT2D eigenvalue weighted by atomic mass is 9.89. The molecule has 23 heavy (non-hydrogen) atoms. The molecule has 3 aromatic rings. The van der Waals surface area contributed by atoms with Crippen molar-refractivity contribution in [1.29, 1.82) is 0 Å². The third kappa shape index (κ3) is 2.63. The highest BCUT2D eigenvalue weighted by Gasteiger charge is 2.21. The lowest BCUT2D eigenvalue weighted by Gasteiger charge is -2.21. The van der Waals surface area contributed by atoms with Gasteiger partial charge in [0.15, 0.2) is 5.65 Å². The molecule has 0 aliphatic heterocycles. The van der Waals surface area contributed by atoms with Gasteiger partial charge in [-0.3, -0.25) is 4.79 Å². The van der Waals surface area contributed by atoms with Crippen molar-refractivity contribution in [3.8, 4) is 0 Å². The summed E-state index contributed by atoms with van der Waals surface area (Å²) in [4.78, 5) is 18.1. The average molecular weight is 326 g/mol. The maximum atomic E-state index is 12.4. The summed E-state index contributed by atoms with van der Waals surface area (Å²) < 4.78 is 1.85. The number of aromatic nitrogens is 3. The van der Waals surface area contributed by atoms with E-state index in [9.17, 15) is 4.79 Å². The zero-order valence-electron chi connectivity index (χ0n) is 13.0. The molecule has 1 atom stereocenters. The first-order valence-electron chi connectivity index (χ1n) is 7.87. The second kappa shape index (κ2) is 5.77. The Hall–Kier alpha value is -2.21. The van der Waals surface area contributed by atoms with E-state index < -0.39 is 0 Å². The van der Waals surface area contributed by atoms with Crippen LogP contribution in [0.15, 0.2) is 29.9 Å². The summed E-state index contributed by atoms with van der Waals surface area (Å²) in [6.45, 7) is 2.80. The van der Waals surface area contributed by atoms with E-state index in [1.165, 1.54) is 11.3 Å². The molecule has 0 saturated carbocycles. The van der Waals surface area contributed by atoms with E-state index in [1.807, 2.05) is 28.2 Å². The van der Waals surface area contributed by atoms with Gasteiger partial charge in [0, 0.05) is 16.8 Å². The minimum Gasteiger partial charge on any atom is -0.347 e. The van der Waals surface area contributed by atoms with Gasteiger partial charge in [0.25, 0.3) is 5.91 Å². The molecule has 1 N–H and O–H groups in total. The van der Waals surface area contributed by atoms with Crippen molar-refractivity contribution in [2.75, 3.05) is 0 Å². The van der Waals surface area contributed by atoms with Crippen LogP contribution in [0.2, 0.25) is 0 Å². The molecular formula is C17H18N4OS. The SMILES string of the molecule is C[C@@H]1CCc2c(cnc3c(C(=O)NCc4cccs4)cnn23)C1. The average Bonchev–Trinajstić information content (AvgIpc) is 3.21. The first-order chi connectivity index (χ1) is 11.2. The summed E-state index contributed by atoms with van der Waals surface area (Å²) in [6, 6.07) is 3.99. The molecule has 1 aliphatic rings. The number of nitrogens with zero attached hydrogens (tertiary/aromatic N) is 3. The number of nitrogens with one attached hydrogen (secondary N) is 1. The van der Waals surface area contributed by atoms with Gasteiger partial charge in [-0.25, -0.2) is 9.50 Å². The first-order valence-corrected chi connectivity index (χ1v) is 8.75. The normalized spacial score (nSPS) is 17.2. The molecule has 0 bridgehead atoms. The molecule has 0 fully saturated rings. The standard InChI is InChI=1S/C17H18N4OS/c1-11-4-5-15-12(7-11)8-18-16-14(10-20-21(15)16)17(22)19-9-13-3-2-6-23-13/h2-3,6,8,10-11H,4-5,7,9H2,1H3,(H,19,22)/t11-/m1/s1. The van der Waals surface area contributed by atoms with Crippen LogP contribution in [-0.2, 0) is 19.4 Å². The molecule has 1 amide bonds. The first kappa shape index (κ1) is 14.4. The van der Waals surface area contributed by atoms with Gasteiger partial charge in [-0.1, -0.05) is 13.0 Å². The fraction of sp³-hybridized carbons (Fsp3) is 0.353. The van der Waals surface area contributed by atoms with Gasteiger partial charge in [0.05, 0.1) is 12.7 Å². The summed E-state index contributed by atoms with van der Waals surface area (Å²) in [6.07, 6.45) is 6.74. The van der Waals surface area contributed by atoms with Crippen molar-refractivity contribution in [2.24, 2.45) is 5.92 Å². The summed E-state index contributed by atoms with van der Waals surface area (Å²) in [5.74, 6) is 0.566. The highest BCUT2D eigenvalue weighted by atomic mass is 32.1. The largest absolute Gasteiger partial charge is 0.347 e. The van der Waals surface area contributed by atoms with Crippen molar-refractivity contribution in [3.05, 3.63) is 51.6 Å². The number of rotatable bonds is 3. The fourth-order valence-corrected chi connectivity index (χ4v) is 3.79. The lowest BCUT2D eigenvalue weighted by Crippen LogP contribution is -2.22. The Morgan fingerprint density at radius 3 is 3.22 bits per heavy atom. The van der Waals surface area contributed by atoms with Gasteiger partial charge in [-0.2, -0.15) is 5.10 Å². The van der Waals surface area contributed by atoms with Crippen LogP contribution in [0, 0.1) is 5.92 Å². The topological polar surface area (TPSA) is 59.3 Å². The smallest absolute Gasteiger partial charge is 0.257 e. The van der Waals surface area contributed by atoms with Crippen molar-refractivity contribution in [2.45, 2.75) is 32.7 Å². The highest BCUT2D eigenvalue weighted by molar-refractivity contribution is 7.09. The summed E-state index contributed by atoms with van der Waals surface area (Å²) >= 11 is 1.63. The van der Waals surface area contributed by atoms with Gasteiger partial charge < -0.3 is 5.32 Å². The monoisotopic (exact) mass is 326 g/mol. The highest BCUT2D eigenvalue weighted by Crippen LogP contribution is 2.25. The van der Waals surface area contributed by atoms with E-state index in [2.05, 4.69) is 22.3 Å². The van der Waals surface area contributed by atoms with Crippen LogP contribution in [0.1, 0.15) is 39.8 Å². The van der Waals surface area contributed by atoms with Gasteiger partial charge in [-0.15, -0.1) is 11.3 Å². The molecule has 0 unspecified atom stereocenters. The van der Waals surface area contributed by atoms with E-state index in [4.69, 9.17) is 0 Å². The predicted octanol–water partition coefficient (Wildman–Crippen LogP) is 2.85. The van der Waals surface area contributed by atoms with Gasteiger partial charge in [0.2, 0.25) is 0 Å². The van der Waals surface area contributed by atoms with E-state index in [-0.39, 0.29) is 5.91 Å². The Bertz CT molecular complexity index is 853. The van der Waals surface area contributed by atoms with Crippen molar-refractivity contribution in [1.82, 2.24) is 19.9 Å². The Kier molecular flexibility index (Phi) is 3.61. The van der Waals surface area contributed by atoms with Crippen molar-refractivity contribution in [3.63, 3.8) is 0 Å². The molecule has 0 saturated heterocycles. The number of carbonyl (C=O) groups excluding carboxylic acids is 1. The van der Waals surface area contributed by atoms with Crippen LogP contribution >= 0.6 is 11.3 Å². The Balaban J connectivity index is 1.62. The zero-order chi connectivity index (χ0) is 15.8. The summed E-state index contributed by atoms with van der Waals surface area (Å²) in [7, 11) is 0. The second-order valence-corrected chi connectivity index (χ2v) is 7.17. The number of aryl methyl sites for hydroxylation is 1. The minimum atomic E-state index is -0.120. The Morgan fingerprint density at radius 2 is 2.39 bits per heavy atom. The summed E-state index contributed by atoms with van der Waals surface area (Å²) in [5, 5.41) is 9.37. The molecule has 3 heterocycles. The van der Waals surface area contributed by atoms with E-state index >= 15 is 0 Å². The minimum absolute atomic E-state index is 0.120. The number of carbonyl (C=O) groups is 1. The van der Waals surface area contributed by atoms with Gasteiger partial charge in [0.1, 0.15) is 5.56 Å². The maximum Gasteiger partial charge on any atom is 0.257 e. The fourth-order valence-electron chi connectivity index (χ4n) is 3.15. The number of thiophene rings is 1. The number of hydrogen-bond donors (Lipinski definition) is 1. The van der Waals surface area contributed by atoms with Crippen LogP contribution in [0.25, 0.3) is 5.65 Å². The molecule has 4 rings (SSSR count). The van der Waals surface area contributed by atoms with Crippen LogP contribution in [0.4, 0.5) is 0 Å². The lowest BCUT2D eigenvalue weighted by molar-refractivity contribution is 0.0952. The van der Waals surface area contributed by atoms with E-state index in [1.54, 1.807) is 17.5 Å². The Labute approximate surface area is 138 Å². The second-order valence-electron chi connectivity index (χ2n) is 6.13. The number of amides is 1. The van der Waals surface area contributed by atoms with Crippen LogP contribution in [0.5, 0.6) is 0 Å². The number of fused-ring (bicyclic) bond motifs is 3. The van der Waals surface area contributed by atoms with Crippen LogP contribution in [-0.4, -0.2) is 20.5 Å². The van der Waals surface area contributed by atoms with Gasteiger partial charge >= 0.3 is 0 Å². The Morgan fingerprint density at radius 1 is 1.48 bits per heavy atom. The quantitative estimate of drug-likeness (QED) is 0.805. The molecule has 3 aromatic heterocycles. The van der Waals surface area contributed by atoms with Crippen LogP contribution < -0.4 is 5.32 Å². The van der Waals surface area contributed by atoms with Crippen LogP contribution in [0.3, 0.4) is 0 Å². The number of hydrogen-bond acceptors (Lipinski definition) is 4. The molecule has 118 valence electrons.